The van der Waals surface area contributed by atoms with E-state index in [9.17, 15) is 8.42 Å². The van der Waals surface area contributed by atoms with Gasteiger partial charge in [-0.3, -0.25) is 0 Å². The SMILES string of the molecule is CC(CCO)NS(=O)(=O)/C=C/c1ccc(Cl)cc1. The summed E-state index contributed by atoms with van der Waals surface area (Å²) in [5, 5.41) is 10.4. The van der Waals surface area contributed by atoms with Crippen LogP contribution in [0.3, 0.4) is 0 Å². The van der Waals surface area contributed by atoms with Gasteiger partial charge in [0.25, 0.3) is 0 Å². The van der Waals surface area contributed by atoms with E-state index >= 15 is 0 Å². The highest BCUT2D eigenvalue weighted by Crippen LogP contribution is 2.11. The maximum absolute atomic E-state index is 11.7. The molecule has 0 aromatic heterocycles. The number of hydrogen-bond acceptors (Lipinski definition) is 3. The minimum Gasteiger partial charge on any atom is -0.396 e. The van der Waals surface area contributed by atoms with Crippen molar-refractivity contribution in [1.29, 1.82) is 0 Å². The lowest BCUT2D eigenvalue weighted by atomic mass is 10.2. The molecule has 0 radical (unpaired) electrons. The van der Waals surface area contributed by atoms with Crippen LogP contribution in [0.15, 0.2) is 29.7 Å². The molecule has 1 rings (SSSR count). The molecule has 100 valence electrons. The van der Waals surface area contributed by atoms with E-state index < -0.39 is 10.0 Å². The molecule has 0 aliphatic rings. The fraction of sp³-hybridized carbons (Fsp3) is 0.333. The fourth-order valence-electron chi connectivity index (χ4n) is 1.31. The second-order valence-electron chi connectivity index (χ2n) is 3.93. The van der Waals surface area contributed by atoms with Crippen LogP contribution in [0, 0.1) is 0 Å². The lowest BCUT2D eigenvalue weighted by Crippen LogP contribution is -2.31. The summed E-state index contributed by atoms with van der Waals surface area (Å²) in [5.74, 6) is 0. The molecule has 0 bridgehead atoms. The third-order valence-electron chi connectivity index (χ3n) is 2.24. The quantitative estimate of drug-likeness (QED) is 0.842. The van der Waals surface area contributed by atoms with Crippen molar-refractivity contribution >= 4 is 27.7 Å². The summed E-state index contributed by atoms with van der Waals surface area (Å²) in [5.41, 5.74) is 0.750. The molecule has 0 spiro atoms. The molecule has 1 unspecified atom stereocenters. The van der Waals surface area contributed by atoms with E-state index in [1.165, 1.54) is 6.08 Å². The average Bonchev–Trinajstić information content (AvgIpc) is 2.28. The molecule has 2 N–H and O–H groups in total. The van der Waals surface area contributed by atoms with Crippen LogP contribution in [0.25, 0.3) is 6.08 Å². The van der Waals surface area contributed by atoms with Gasteiger partial charge in [0, 0.05) is 23.1 Å². The molecule has 0 heterocycles. The van der Waals surface area contributed by atoms with E-state index in [0.29, 0.717) is 11.4 Å². The monoisotopic (exact) mass is 289 g/mol. The van der Waals surface area contributed by atoms with Gasteiger partial charge in [0.1, 0.15) is 0 Å². The first-order chi connectivity index (χ1) is 8.43. The van der Waals surface area contributed by atoms with Crippen LogP contribution >= 0.6 is 11.6 Å². The summed E-state index contributed by atoms with van der Waals surface area (Å²) in [6.45, 7) is 1.65. The zero-order chi connectivity index (χ0) is 13.6. The highest BCUT2D eigenvalue weighted by molar-refractivity contribution is 7.92. The van der Waals surface area contributed by atoms with Crippen molar-refractivity contribution in [1.82, 2.24) is 4.72 Å². The van der Waals surface area contributed by atoms with Crippen LogP contribution < -0.4 is 4.72 Å². The molecule has 4 nitrogen and oxygen atoms in total. The molecule has 0 saturated carbocycles. The molecule has 1 atom stereocenters. The molecular formula is C12H16ClNO3S. The highest BCUT2D eigenvalue weighted by Gasteiger charge is 2.10. The average molecular weight is 290 g/mol. The Kier molecular flexibility index (Phi) is 5.81. The summed E-state index contributed by atoms with van der Waals surface area (Å²) in [6.07, 6.45) is 1.87. The predicted molar refractivity (Wildman–Crippen MR) is 73.7 cm³/mol. The number of aliphatic hydroxyl groups is 1. The van der Waals surface area contributed by atoms with E-state index in [1.807, 2.05) is 0 Å². The minimum absolute atomic E-state index is 0.0510. The number of rotatable bonds is 6. The zero-order valence-electron chi connectivity index (χ0n) is 10.0. The highest BCUT2D eigenvalue weighted by atomic mass is 35.5. The second-order valence-corrected chi connectivity index (χ2v) is 5.96. The number of aliphatic hydroxyl groups excluding tert-OH is 1. The van der Waals surface area contributed by atoms with Crippen molar-refractivity contribution in [2.45, 2.75) is 19.4 Å². The van der Waals surface area contributed by atoms with Crippen LogP contribution in [0.1, 0.15) is 18.9 Å². The first kappa shape index (κ1) is 15.2. The Labute approximate surface area is 112 Å². The van der Waals surface area contributed by atoms with Gasteiger partial charge in [-0.05, 0) is 37.1 Å². The van der Waals surface area contributed by atoms with Gasteiger partial charge in [0.15, 0.2) is 0 Å². The predicted octanol–water partition coefficient (Wildman–Crippen LogP) is 2.00. The smallest absolute Gasteiger partial charge is 0.233 e. The Morgan fingerprint density at radius 3 is 2.56 bits per heavy atom. The molecule has 1 aromatic rings. The van der Waals surface area contributed by atoms with Gasteiger partial charge in [-0.2, -0.15) is 0 Å². The number of halogens is 1. The second kappa shape index (κ2) is 6.89. The largest absolute Gasteiger partial charge is 0.396 e. The number of hydrogen-bond donors (Lipinski definition) is 2. The first-order valence-corrected chi connectivity index (χ1v) is 7.42. The maximum Gasteiger partial charge on any atom is 0.233 e. The van der Waals surface area contributed by atoms with Crippen LogP contribution in [-0.4, -0.2) is 26.2 Å². The zero-order valence-corrected chi connectivity index (χ0v) is 11.6. The third kappa shape index (κ3) is 5.64. The lowest BCUT2D eigenvalue weighted by molar-refractivity contribution is 0.275. The molecular weight excluding hydrogens is 274 g/mol. The number of benzene rings is 1. The number of nitrogens with one attached hydrogen (secondary N) is 1. The maximum atomic E-state index is 11.7. The van der Waals surface area contributed by atoms with E-state index in [0.717, 1.165) is 11.0 Å². The molecule has 0 aliphatic heterocycles. The summed E-state index contributed by atoms with van der Waals surface area (Å²) in [4.78, 5) is 0. The molecule has 0 amide bonds. The Morgan fingerprint density at radius 1 is 1.39 bits per heavy atom. The minimum atomic E-state index is -3.49. The fourth-order valence-corrected chi connectivity index (χ4v) is 2.53. The van der Waals surface area contributed by atoms with Crippen LogP contribution in [0.4, 0.5) is 0 Å². The summed E-state index contributed by atoms with van der Waals surface area (Å²) < 4.78 is 25.7. The Bertz CT molecular complexity index is 497. The van der Waals surface area contributed by atoms with Crippen molar-refractivity contribution in [3.63, 3.8) is 0 Å². The van der Waals surface area contributed by atoms with Crippen molar-refractivity contribution < 1.29 is 13.5 Å². The third-order valence-corrected chi connectivity index (χ3v) is 3.71. The molecule has 0 aliphatic carbocycles. The standard InChI is InChI=1S/C12H16ClNO3S/c1-10(6-8-15)14-18(16,17)9-7-11-2-4-12(13)5-3-11/h2-5,7,9-10,14-15H,6,8H2,1H3/b9-7+. The Morgan fingerprint density at radius 2 is 2.00 bits per heavy atom. The molecule has 0 saturated heterocycles. The molecule has 6 heteroatoms. The van der Waals surface area contributed by atoms with Gasteiger partial charge in [-0.15, -0.1) is 0 Å². The van der Waals surface area contributed by atoms with Crippen molar-refractivity contribution in [3.8, 4) is 0 Å². The van der Waals surface area contributed by atoms with Gasteiger partial charge in [-0.1, -0.05) is 23.7 Å². The van der Waals surface area contributed by atoms with Gasteiger partial charge in [0.2, 0.25) is 10.0 Å². The molecule has 1 aromatic carbocycles. The van der Waals surface area contributed by atoms with Crippen LogP contribution in [0.2, 0.25) is 5.02 Å². The molecule has 0 fully saturated rings. The van der Waals surface area contributed by atoms with Crippen molar-refractivity contribution in [2.24, 2.45) is 0 Å². The van der Waals surface area contributed by atoms with Gasteiger partial charge in [0.05, 0.1) is 0 Å². The Hall–Kier alpha value is -0.880. The molecule has 18 heavy (non-hydrogen) atoms. The van der Waals surface area contributed by atoms with Gasteiger partial charge in [-0.25, -0.2) is 13.1 Å². The van der Waals surface area contributed by atoms with Crippen LogP contribution in [-0.2, 0) is 10.0 Å². The normalized spacial score (nSPS) is 13.9. The Balaban J connectivity index is 2.67. The van der Waals surface area contributed by atoms with Gasteiger partial charge >= 0.3 is 0 Å². The van der Waals surface area contributed by atoms with E-state index in [-0.39, 0.29) is 12.6 Å². The number of sulfonamides is 1. The topological polar surface area (TPSA) is 66.4 Å². The van der Waals surface area contributed by atoms with E-state index in [1.54, 1.807) is 31.2 Å². The van der Waals surface area contributed by atoms with Gasteiger partial charge < -0.3 is 5.11 Å². The first-order valence-electron chi connectivity index (χ1n) is 5.50. The summed E-state index contributed by atoms with van der Waals surface area (Å²) >= 11 is 5.73. The van der Waals surface area contributed by atoms with Crippen molar-refractivity contribution in [3.05, 3.63) is 40.3 Å². The van der Waals surface area contributed by atoms with E-state index in [2.05, 4.69) is 4.72 Å². The summed E-state index contributed by atoms with van der Waals surface area (Å²) in [6, 6.07) is 6.54. The van der Waals surface area contributed by atoms with Crippen LogP contribution in [0.5, 0.6) is 0 Å². The summed E-state index contributed by atoms with van der Waals surface area (Å²) in [7, 11) is -3.49. The van der Waals surface area contributed by atoms with Crippen molar-refractivity contribution in [2.75, 3.05) is 6.61 Å². The lowest BCUT2D eigenvalue weighted by Gasteiger charge is -2.10. The van der Waals surface area contributed by atoms with E-state index in [4.69, 9.17) is 16.7 Å².